The Labute approximate surface area is 125 Å². The van der Waals surface area contributed by atoms with E-state index in [0.717, 1.165) is 28.8 Å². The first-order valence-corrected chi connectivity index (χ1v) is 7.52. The zero-order chi connectivity index (χ0) is 13.8. The maximum Gasteiger partial charge on any atom is 0.0867 e. The van der Waals surface area contributed by atoms with Gasteiger partial charge in [-0.05, 0) is 18.2 Å². The predicted molar refractivity (Wildman–Crippen MR) is 80.2 cm³/mol. The molecule has 0 bridgehead atoms. The molecule has 20 heavy (non-hydrogen) atoms. The van der Waals surface area contributed by atoms with Gasteiger partial charge < -0.3 is 0 Å². The van der Waals surface area contributed by atoms with Gasteiger partial charge in [-0.2, -0.15) is 5.10 Å². The summed E-state index contributed by atoms with van der Waals surface area (Å²) in [5.41, 5.74) is 3.01. The molecule has 3 aromatic rings. The van der Waals surface area contributed by atoms with Crippen LogP contribution in [0.2, 0.25) is 0 Å². The molecule has 2 aromatic heterocycles. The van der Waals surface area contributed by atoms with Gasteiger partial charge >= 0.3 is 0 Å². The third kappa shape index (κ3) is 2.96. The third-order valence-corrected chi connectivity index (χ3v) is 3.32. The highest BCUT2D eigenvalue weighted by Crippen LogP contribution is 2.08. The second-order valence-corrected chi connectivity index (χ2v) is 5.23. The molecule has 2 heterocycles. The van der Waals surface area contributed by atoms with Gasteiger partial charge in [0.2, 0.25) is 0 Å². The summed E-state index contributed by atoms with van der Waals surface area (Å²) in [6, 6.07) is 12.1. The molecule has 0 saturated heterocycles. The van der Waals surface area contributed by atoms with Gasteiger partial charge in [0, 0.05) is 24.1 Å². The van der Waals surface area contributed by atoms with Crippen molar-refractivity contribution in [3.05, 3.63) is 60.2 Å². The Morgan fingerprint density at radius 2 is 1.90 bits per heavy atom. The van der Waals surface area contributed by atoms with Crippen LogP contribution >= 0.6 is 15.9 Å². The second-order valence-electron chi connectivity index (χ2n) is 4.43. The number of alkyl halides is 1. The average molecular weight is 332 g/mol. The molecule has 0 aliphatic rings. The van der Waals surface area contributed by atoms with E-state index in [1.807, 2.05) is 58.2 Å². The lowest BCUT2D eigenvalue weighted by atomic mass is 10.3. The first-order valence-electron chi connectivity index (χ1n) is 6.40. The molecule has 0 aliphatic heterocycles. The van der Waals surface area contributed by atoms with Crippen molar-refractivity contribution in [1.29, 1.82) is 0 Å². The first kappa shape index (κ1) is 13.1. The lowest BCUT2D eigenvalue weighted by molar-refractivity contribution is 0.631. The summed E-state index contributed by atoms with van der Waals surface area (Å²) in [6.07, 6.45) is 4.81. The highest BCUT2D eigenvalue weighted by Gasteiger charge is 2.04. The van der Waals surface area contributed by atoms with E-state index in [9.17, 15) is 0 Å². The molecule has 0 radical (unpaired) electrons. The molecule has 1 aromatic carbocycles. The molecule has 102 valence electrons. The Morgan fingerprint density at radius 3 is 2.70 bits per heavy atom. The number of benzene rings is 1. The maximum absolute atomic E-state index is 4.55. The van der Waals surface area contributed by atoms with Gasteiger partial charge in [0.05, 0.1) is 23.6 Å². The Morgan fingerprint density at radius 1 is 1.05 bits per heavy atom. The van der Waals surface area contributed by atoms with Crippen LogP contribution in [0.3, 0.4) is 0 Å². The summed E-state index contributed by atoms with van der Waals surface area (Å²) >= 11 is 3.40. The molecule has 0 amide bonds. The predicted octanol–water partition coefficient (Wildman–Crippen LogP) is 2.45. The minimum Gasteiger partial charge on any atom is -0.246 e. The van der Waals surface area contributed by atoms with Gasteiger partial charge in [0.15, 0.2) is 0 Å². The first-order chi connectivity index (χ1) is 9.85. The molecule has 6 heteroatoms. The SMILES string of the molecule is BrCCc1cn(Cc2ccn(-c3ccccc3)n2)nn1. The van der Waals surface area contributed by atoms with Crippen LogP contribution in [0, 0.1) is 0 Å². The van der Waals surface area contributed by atoms with Crippen molar-refractivity contribution >= 4 is 15.9 Å². The Hall–Kier alpha value is -1.95. The summed E-state index contributed by atoms with van der Waals surface area (Å²) in [5.74, 6) is 0. The van der Waals surface area contributed by atoms with Crippen molar-refractivity contribution < 1.29 is 0 Å². The molecule has 0 N–H and O–H groups in total. The zero-order valence-electron chi connectivity index (χ0n) is 10.9. The molecule has 5 nitrogen and oxygen atoms in total. The standard InChI is InChI=1S/C14H14BrN5/c15-8-6-12-10-19(18-16-12)11-13-7-9-20(17-13)14-4-2-1-3-5-14/h1-5,7,9-10H,6,8,11H2. The number of rotatable bonds is 5. The fourth-order valence-electron chi connectivity index (χ4n) is 1.96. The minimum absolute atomic E-state index is 0.634. The second kappa shape index (κ2) is 6.00. The molecule has 0 saturated carbocycles. The summed E-state index contributed by atoms with van der Waals surface area (Å²) in [7, 11) is 0. The van der Waals surface area contributed by atoms with E-state index in [4.69, 9.17) is 0 Å². The van der Waals surface area contributed by atoms with Crippen LogP contribution in [-0.2, 0) is 13.0 Å². The number of hydrogen-bond donors (Lipinski definition) is 0. The summed E-state index contributed by atoms with van der Waals surface area (Å²) < 4.78 is 3.68. The smallest absolute Gasteiger partial charge is 0.0867 e. The van der Waals surface area contributed by atoms with E-state index in [1.54, 1.807) is 0 Å². The van der Waals surface area contributed by atoms with E-state index >= 15 is 0 Å². The summed E-state index contributed by atoms with van der Waals surface area (Å²) in [5, 5.41) is 13.7. The lowest BCUT2D eigenvalue weighted by Gasteiger charge is -2.00. The van der Waals surface area contributed by atoms with Crippen LogP contribution in [0.25, 0.3) is 5.69 Å². The third-order valence-electron chi connectivity index (χ3n) is 2.93. The highest BCUT2D eigenvalue weighted by atomic mass is 79.9. The van der Waals surface area contributed by atoms with Gasteiger partial charge in [-0.1, -0.05) is 39.3 Å². The van der Waals surface area contributed by atoms with Crippen molar-refractivity contribution in [2.45, 2.75) is 13.0 Å². The van der Waals surface area contributed by atoms with Crippen molar-refractivity contribution in [2.24, 2.45) is 0 Å². The molecule has 0 unspecified atom stereocenters. The van der Waals surface area contributed by atoms with E-state index in [2.05, 4.69) is 31.3 Å². The van der Waals surface area contributed by atoms with Crippen LogP contribution in [0.1, 0.15) is 11.4 Å². The van der Waals surface area contributed by atoms with Crippen LogP contribution < -0.4 is 0 Å². The van der Waals surface area contributed by atoms with Crippen molar-refractivity contribution in [3.63, 3.8) is 0 Å². The quantitative estimate of drug-likeness (QED) is 0.675. The van der Waals surface area contributed by atoms with Crippen molar-refractivity contribution in [3.8, 4) is 5.69 Å². The number of aryl methyl sites for hydroxylation is 1. The monoisotopic (exact) mass is 331 g/mol. The number of nitrogens with zero attached hydrogens (tertiary/aromatic N) is 5. The van der Waals surface area contributed by atoms with Gasteiger partial charge in [-0.25, -0.2) is 9.36 Å². The average Bonchev–Trinajstić information content (AvgIpc) is 3.11. The summed E-state index contributed by atoms with van der Waals surface area (Å²) in [4.78, 5) is 0. The zero-order valence-corrected chi connectivity index (χ0v) is 12.4. The fourth-order valence-corrected chi connectivity index (χ4v) is 2.37. The number of halogens is 1. The van der Waals surface area contributed by atoms with Crippen LogP contribution in [0.15, 0.2) is 48.8 Å². The maximum atomic E-state index is 4.55. The van der Waals surface area contributed by atoms with Crippen LogP contribution in [0.5, 0.6) is 0 Å². The topological polar surface area (TPSA) is 48.5 Å². The van der Waals surface area contributed by atoms with E-state index in [0.29, 0.717) is 6.54 Å². The van der Waals surface area contributed by atoms with E-state index in [1.165, 1.54) is 0 Å². The van der Waals surface area contributed by atoms with Crippen LogP contribution in [0.4, 0.5) is 0 Å². The molecule has 0 fully saturated rings. The van der Waals surface area contributed by atoms with E-state index < -0.39 is 0 Å². The molecule has 0 atom stereocenters. The van der Waals surface area contributed by atoms with Gasteiger partial charge in [-0.15, -0.1) is 5.10 Å². The summed E-state index contributed by atoms with van der Waals surface area (Å²) in [6.45, 7) is 0.634. The molecule has 3 rings (SSSR count). The van der Waals surface area contributed by atoms with Crippen LogP contribution in [-0.4, -0.2) is 30.1 Å². The largest absolute Gasteiger partial charge is 0.246 e. The lowest BCUT2D eigenvalue weighted by Crippen LogP contribution is -2.02. The normalized spacial score (nSPS) is 10.8. The van der Waals surface area contributed by atoms with Gasteiger partial charge in [-0.3, -0.25) is 0 Å². The number of hydrogen-bond acceptors (Lipinski definition) is 3. The van der Waals surface area contributed by atoms with Crippen molar-refractivity contribution in [2.75, 3.05) is 5.33 Å². The molecular weight excluding hydrogens is 318 g/mol. The Balaban J connectivity index is 1.73. The minimum atomic E-state index is 0.634. The molecule has 0 aliphatic carbocycles. The number of aromatic nitrogens is 5. The fraction of sp³-hybridized carbons (Fsp3) is 0.214. The molecular formula is C14H14BrN5. The van der Waals surface area contributed by atoms with E-state index in [-0.39, 0.29) is 0 Å². The Bertz CT molecular complexity index is 674. The molecule has 0 spiro atoms. The highest BCUT2D eigenvalue weighted by molar-refractivity contribution is 9.09. The van der Waals surface area contributed by atoms with Gasteiger partial charge in [0.25, 0.3) is 0 Å². The Kier molecular flexibility index (Phi) is 3.92. The number of para-hydroxylation sites is 1. The van der Waals surface area contributed by atoms with Gasteiger partial charge in [0.1, 0.15) is 0 Å². The van der Waals surface area contributed by atoms with Crippen molar-refractivity contribution in [1.82, 2.24) is 24.8 Å².